The first-order valence-corrected chi connectivity index (χ1v) is 7.97. The molecule has 0 amide bonds. The lowest BCUT2D eigenvalue weighted by atomic mass is 10.1. The van der Waals surface area contributed by atoms with Gasteiger partial charge in [0, 0.05) is 28.3 Å². The number of fused-ring (bicyclic) bond motifs is 1. The van der Waals surface area contributed by atoms with Crippen LogP contribution in [0.4, 0.5) is 17.6 Å². The van der Waals surface area contributed by atoms with Crippen molar-refractivity contribution in [2.75, 3.05) is 6.01 Å². The van der Waals surface area contributed by atoms with Gasteiger partial charge in [-0.2, -0.15) is 14.0 Å². The number of halogens is 4. The third kappa shape index (κ3) is 2.92. The summed E-state index contributed by atoms with van der Waals surface area (Å²) in [6.45, 7) is 0. The molecule has 1 aliphatic carbocycles. The molecule has 1 heterocycles. The lowest BCUT2D eigenvalue weighted by Gasteiger charge is -2.16. The maximum atomic E-state index is 14.3. The van der Waals surface area contributed by atoms with E-state index in [2.05, 4.69) is 4.98 Å². The molecule has 0 saturated heterocycles. The largest absolute Gasteiger partial charge is 0.455 e. The first-order chi connectivity index (χ1) is 11.9. The van der Waals surface area contributed by atoms with E-state index in [9.17, 15) is 22.7 Å². The quantitative estimate of drug-likeness (QED) is 0.636. The molecule has 0 spiro atoms. The Morgan fingerprint density at radius 1 is 1.32 bits per heavy atom. The van der Waals surface area contributed by atoms with Gasteiger partial charge in [0.1, 0.15) is 29.7 Å². The normalized spacial score (nSPS) is 20.8. The molecule has 2 atom stereocenters. The van der Waals surface area contributed by atoms with Crippen molar-refractivity contribution >= 4 is 11.8 Å². The third-order valence-electron chi connectivity index (χ3n) is 3.72. The number of hydrogen-bond acceptors (Lipinski definition) is 5. The van der Waals surface area contributed by atoms with Crippen molar-refractivity contribution in [2.24, 2.45) is 0 Å². The molecule has 0 aliphatic heterocycles. The van der Waals surface area contributed by atoms with Crippen LogP contribution >= 0.6 is 11.8 Å². The number of benzene rings is 1. The van der Waals surface area contributed by atoms with Crippen molar-refractivity contribution in [2.45, 2.75) is 23.1 Å². The van der Waals surface area contributed by atoms with Crippen LogP contribution in [0.25, 0.3) is 0 Å². The van der Waals surface area contributed by atoms with Crippen LogP contribution in [0.15, 0.2) is 35.5 Å². The van der Waals surface area contributed by atoms with Gasteiger partial charge in [0.25, 0.3) is 0 Å². The van der Waals surface area contributed by atoms with Crippen LogP contribution in [0.2, 0.25) is 0 Å². The molecule has 9 heteroatoms. The lowest BCUT2D eigenvalue weighted by molar-refractivity contribution is -0.143. The van der Waals surface area contributed by atoms with Gasteiger partial charge in [-0.15, -0.1) is 0 Å². The minimum absolute atomic E-state index is 0.0149. The number of aliphatic hydroxyl groups is 1. The van der Waals surface area contributed by atoms with E-state index in [0.717, 1.165) is 0 Å². The number of aliphatic hydroxyl groups excluding tert-OH is 1. The minimum atomic E-state index is -4.06. The zero-order valence-electron chi connectivity index (χ0n) is 12.4. The number of hydrogen-bond donors (Lipinski definition) is 1. The van der Waals surface area contributed by atoms with Crippen LogP contribution in [-0.4, -0.2) is 22.0 Å². The highest BCUT2D eigenvalue weighted by Gasteiger charge is 2.58. The van der Waals surface area contributed by atoms with Gasteiger partial charge < -0.3 is 9.84 Å². The zero-order valence-corrected chi connectivity index (χ0v) is 13.2. The van der Waals surface area contributed by atoms with Crippen LogP contribution < -0.4 is 4.74 Å². The van der Waals surface area contributed by atoms with Crippen LogP contribution in [-0.2, 0) is 0 Å². The average Bonchev–Trinajstić information content (AvgIpc) is 2.78. The van der Waals surface area contributed by atoms with Gasteiger partial charge >= 0.3 is 5.92 Å². The Labute approximate surface area is 144 Å². The maximum absolute atomic E-state index is 14.3. The molecule has 1 N–H and O–H groups in total. The average molecular weight is 370 g/mol. The number of alkyl halides is 4. The van der Waals surface area contributed by atoms with E-state index < -0.39 is 29.8 Å². The number of thioether (sulfide) groups is 1. The Hall–Kier alpha value is -2.31. The highest BCUT2D eigenvalue weighted by Crippen LogP contribution is 2.57. The van der Waals surface area contributed by atoms with E-state index in [1.54, 1.807) is 0 Å². The number of aromatic nitrogens is 1. The summed E-state index contributed by atoms with van der Waals surface area (Å²) in [6.07, 6.45) is -2.71. The number of nitriles is 1. The lowest BCUT2D eigenvalue weighted by Crippen LogP contribution is -2.24. The monoisotopic (exact) mass is 370 g/mol. The number of nitrogens with zero attached hydrogens (tertiary/aromatic N) is 2. The Morgan fingerprint density at radius 2 is 2.08 bits per heavy atom. The Morgan fingerprint density at radius 3 is 2.76 bits per heavy atom. The van der Waals surface area contributed by atoms with Crippen molar-refractivity contribution in [1.82, 2.24) is 4.98 Å². The van der Waals surface area contributed by atoms with E-state index in [0.29, 0.717) is 11.8 Å². The second-order valence-corrected chi connectivity index (χ2v) is 6.15. The standard InChI is InChI=1S/C16H10F4N2O2S/c17-7-25-11-2-1-10(24-9-3-8(4-21)5-22-6-9)12-13(11)15(23)16(19,20)14(12)18/h1-3,5-6,14-15,23H,7H2/t14-,15-/m0/s1. The van der Waals surface area contributed by atoms with Crippen molar-refractivity contribution < 1.29 is 27.4 Å². The summed E-state index contributed by atoms with van der Waals surface area (Å²) in [7, 11) is 0. The molecule has 130 valence electrons. The summed E-state index contributed by atoms with van der Waals surface area (Å²) in [5.41, 5.74) is -0.749. The van der Waals surface area contributed by atoms with Crippen molar-refractivity contribution in [3.63, 3.8) is 0 Å². The van der Waals surface area contributed by atoms with Crippen molar-refractivity contribution in [1.29, 1.82) is 5.26 Å². The third-order valence-corrected chi connectivity index (χ3v) is 4.49. The second-order valence-electron chi connectivity index (χ2n) is 5.21. The summed E-state index contributed by atoms with van der Waals surface area (Å²) in [4.78, 5) is 3.78. The van der Waals surface area contributed by atoms with Crippen LogP contribution in [0.5, 0.6) is 11.5 Å². The van der Waals surface area contributed by atoms with Gasteiger partial charge in [-0.3, -0.25) is 4.98 Å². The van der Waals surface area contributed by atoms with Crippen LogP contribution in [0, 0.1) is 11.3 Å². The predicted molar refractivity (Wildman–Crippen MR) is 81.1 cm³/mol. The fraction of sp³-hybridized carbons (Fsp3) is 0.250. The molecule has 0 bridgehead atoms. The molecule has 0 saturated carbocycles. The predicted octanol–water partition coefficient (Wildman–Crippen LogP) is 4.46. The minimum Gasteiger partial charge on any atom is -0.455 e. The Kier molecular flexibility index (Phi) is 4.58. The van der Waals surface area contributed by atoms with Gasteiger partial charge in [0.05, 0.1) is 11.8 Å². The summed E-state index contributed by atoms with van der Waals surface area (Å²) in [5.74, 6) is -4.26. The summed E-state index contributed by atoms with van der Waals surface area (Å²) in [5, 5.41) is 18.7. The highest BCUT2D eigenvalue weighted by atomic mass is 32.2. The van der Waals surface area contributed by atoms with Gasteiger partial charge in [0.2, 0.25) is 0 Å². The Bertz CT molecular complexity index is 857. The molecular formula is C16H10F4N2O2S. The molecule has 0 radical (unpaired) electrons. The van der Waals surface area contributed by atoms with E-state index >= 15 is 0 Å². The first kappa shape index (κ1) is 17.5. The van der Waals surface area contributed by atoms with Gasteiger partial charge in [0.15, 0.2) is 6.17 Å². The molecule has 1 aromatic carbocycles. The smallest absolute Gasteiger partial charge is 0.312 e. The number of pyridine rings is 1. The van der Waals surface area contributed by atoms with Crippen molar-refractivity contribution in [3.8, 4) is 17.6 Å². The van der Waals surface area contributed by atoms with E-state index in [-0.39, 0.29) is 27.5 Å². The zero-order chi connectivity index (χ0) is 18.2. The molecule has 25 heavy (non-hydrogen) atoms. The van der Waals surface area contributed by atoms with E-state index in [4.69, 9.17) is 10.00 Å². The van der Waals surface area contributed by atoms with Crippen LogP contribution in [0.3, 0.4) is 0 Å². The number of ether oxygens (including phenoxy) is 1. The molecular weight excluding hydrogens is 360 g/mol. The first-order valence-electron chi connectivity index (χ1n) is 6.98. The van der Waals surface area contributed by atoms with Gasteiger partial charge in [-0.25, -0.2) is 8.78 Å². The van der Waals surface area contributed by atoms with Gasteiger partial charge in [-0.1, -0.05) is 11.8 Å². The molecule has 2 aromatic rings. The molecule has 3 rings (SSSR count). The van der Waals surface area contributed by atoms with Crippen molar-refractivity contribution in [3.05, 3.63) is 47.3 Å². The second kappa shape index (κ2) is 6.54. The summed E-state index contributed by atoms with van der Waals surface area (Å²) in [6, 6.07) is 4.72. The Balaban J connectivity index is 2.09. The molecule has 1 aliphatic rings. The topological polar surface area (TPSA) is 66.1 Å². The van der Waals surface area contributed by atoms with Crippen LogP contribution in [0.1, 0.15) is 29.0 Å². The molecule has 1 aromatic heterocycles. The fourth-order valence-electron chi connectivity index (χ4n) is 2.60. The van der Waals surface area contributed by atoms with E-state index in [1.165, 1.54) is 30.6 Å². The fourth-order valence-corrected chi connectivity index (χ4v) is 3.26. The molecule has 4 nitrogen and oxygen atoms in total. The van der Waals surface area contributed by atoms with Gasteiger partial charge in [-0.05, 0) is 12.1 Å². The molecule has 0 fully saturated rings. The highest BCUT2D eigenvalue weighted by molar-refractivity contribution is 7.99. The molecule has 0 unspecified atom stereocenters. The SMILES string of the molecule is N#Cc1cncc(Oc2ccc(SCF)c3c2[C@H](F)C(F)(F)[C@H]3O)c1. The maximum Gasteiger partial charge on any atom is 0.312 e. The summed E-state index contributed by atoms with van der Waals surface area (Å²) < 4.78 is 60.2. The van der Waals surface area contributed by atoms with E-state index in [1.807, 2.05) is 6.07 Å². The number of rotatable bonds is 4. The summed E-state index contributed by atoms with van der Waals surface area (Å²) >= 11 is 0.571.